The van der Waals surface area contributed by atoms with Crippen LogP contribution in [0.25, 0.3) is 22.3 Å². The van der Waals surface area contributed by atoms with Crippen LogP contribution in [0.5, 0.6) is 5.75 Å². The minimum atomic E-state index is -1.31. The van der Waals surface area contributed by atoms with E-state index in [4.69, 9.17) is 0 Å². The van der Waals surface area contributed by atoms with Crippen LogP contribution in [0.2, 0.25) is 0 Å². The van der Waals surface area contributed by atoms with Crippen molar-refractivity contribution in [2.45, 2.75) is 0 Å². The first-order chi connectivity index (χ1) is 13.0. The Labute approximate surface area is 152 Å². The maximum Gasteiger partial charge on any atom is 0.196 e. The molecule has 0 saturated heterocycles. The van der Waals surface area contributed by atoms with Crippen LogP contribution in [-0.4, -0.2) is 25.8 Å². The van der Waals surface area contributed by atoms with Gasteiger partial charge < -0.3 is 5.11 Å². The molecule has 2 heterocycles. The maximum absolute atomic E-state index is 14.0. The van der Waals surface area contributed by atoms with Gasteiger partial charge in [-0.05, 0) is 36.4 Å². The van der Waals surface area contributed by atoms with Gasteiger partial charge in [-0.3, -0.25) is 14.8 Å². The smallest absolute Gasteiger partial charge is 0.196 e. The minimum absolute atomic E-state index is 0.101. The fraction of sp³-hybridized carbons (Fsp3) is 0. The summed E-state index contributed by atoms with van der Waals surface area (Å²) >= 11 is 0. The Morgan fingerprint density at radius 1 is 1.00 bits per heavy atom. The number of nitrogens with zero attached hydrogens (tertiary/aromatic N) is 3. The number of carbonyl (C=O) groups is 1. The molecule has 0 radical (unpaired) electrons. The molecule has 7 heteroatoms. The lowest BCUT2D eigenvalue weighted by atomic mass is 10.0. The van der Waals surface area contributed by atoms with Crippen molar-refractivity contribution in [3.8, 4) is 17.0 Å². The lowest BCUT2D eigenvalue weighted by molar-refractivity contribution is 0.103. The topological polar surface area (TPSA) is 76.0 Å². The number of benzene rings is 2. The van der Waals surface area contributed by atoms with Crippen LogP contribution in [0.15, 0.2) is 61.1 Å². The first kappa shape index (κ1) is 16.7. The Bertz CT molecular complexity index is 1180. The molecule has 0 bridgehead atoms. The highest BCUT2D eigenvalue weighted by Gasteiger charge is 2.19. The Morgan fingerprint density at radius 2 is 1.85 bits per heavy atom. The number of halogens is 2. The standard InChI is InChI=1S/C20H11F2N3O2/c21-15-8-13(26)7-14(19(15)22)20(27)11-3-4-16-17(6-11)25-18(10-24-16)12-2-1-5-23-9-12/h1-10,26H. The van der Waals surface area contributed by atoms with Crippen molar-refractivity contribution in [1.29, 1.82) is 0 Å². The number of aromatic nitrogens is 3. The van der Waals surface area contributed by atoms with Crippen LogP contribution in [-0.2, 0) is 0 Å². The van der Waals surface area contributed by atoms with E-state index < -0.39 is 28.7 Å². The van der Waals surface area contributed by atoms with E-state index in [1.165, 1.54) is 12.1 Å². The lowest BCUT2D eigenvalue weighted by Gasteiger charge is -2.07. The fourth-order valence-electron chi connectivity index (χ4n) is 2.70. The van der Waals surface area contributed by atoms with Crippen molar-refractivity contribution in [3.63, 3.8) is 0 Å². The first-order valence-corrected chi connectivity index (χ1v) is 7.93. The van der Waals surface area contributed by atoms with Gasteiger partial charge in [0.05, 0.1) is 28.5 Å². The molecule has 0 unspecified atom stereocenters. The zero-order valence-electron chi connectivity index (χ0n) is 13.7. The largest absolute Gasteiger partial charge is 0.508 e. The van der Waals surface area contributed by atoms with Gasteiger partial charge in [0.15, 0.2) is 17.4 Å². The van der Waals surface area contributed by atoms with Gasteiger partial charge >= 0.3 is 0 Å². The van der Waals surface area contributed by atoms with Crippen molar-refractivity contribution in [3.05, 3.63) is 83.8 Å². The van der Waals surface area contributed by atoms with Gasteiger partial charge in [-0.2, -0.15) is 0 Å². The van der Waals surface area contributed by atoms with Gasteiger partial charge in [0.25, 0.3) is 0 Å². The Balaban J connectivity index is 1.80. The van der Waals surface area contributed by atoms with Crippen LogP contribution in [0.4, 0.5) is 8.78 Å². The molecular formula is C20H11F2N3O2. The lowest BCUT2D eigenvalue weighted by Crippen LogP contribution is -2.06. The van der Waals surface area contributed by atoms with Crippen molar-refractivity contribution in [2.75, 3.05) is 0 Å². The molecule has 27 heavy (non-hydrogen) atoms. The zero-order chi connectivity index (χ0) is 19.0. The summed E-state index contributed by atoms with van der Waals surface area (Å²) in [5.74, 6) is -3.90. The molecule has 0 spiro atoms. The van der Waals surface area contributed by atoms with Crippen LogP contribution >= 0.6 is 0 Å². The maximum atomic E-state index is 14.0. The highest BCUT2D eigenvalue weighted by Crippen LogP contribution is 2.24. The van der Waals surface area contributed by atoms with Crippen LogP contribution < -0.4 is 0 Å². The number of pyridine rings is 1. The van der Waals surface area contributed by atoms with Crippen molar-refractivity contribution in [1.82, 2.24) is 15.0 Å². The molecule has 0 atom stereocenters. The normalized spacial score (nSPS) is 10.9. The summed E-state index contributed by atoms with van der Waals surface area (Å²) in [6.07, 6.45) is 4.86. The van der Waals surface area contributed by atoms with E-state index in [-0.39, 0.29) is 5.56 Å². The predicted octanol–water partition coefficient (Wildman–Crippen LogP) is 3.91. The SMILES string of the molecule is O=C(c1ccc2ncc(-c3cccnc3)nc2c1)c1cc(O)cc(F)c1F. The molecule has 5 nitrogen and oxygen atoms in total. The summed E-state index contributed by atoms with van der Waals surface area (Å²) in [5.41, 5.74) is 1.83. The Hall–Kier alpha value is -3.74. The molecule has 2 aromatic carbocycles. The van der Waals surface area contributed by atoms with E-state index >= 15 is 0 Å². The van der Waals surface area contributed by atoms with Crippen LogP contribution in [0.3, 0.4) is 0 Å². The van der Waals surface area contributed by atoms with Gasteiger partial charge in [-0.25, -0.2) is 13.8 Å². The number of fused-ring (bicyclic) bond motifs is 1. The van der Waals surface area contributed by atoms with E-state index in [0.717, 1.165) is 11.6 Å². The average Bonchev–Trinajstić information content (AvgIpc) is 2.70. The molecule has 4 aromatic rings. The Kier molecular flexibility index (Phi) is 4.04. The fourth-order valence-corrected chi connectivity index (χ4v) is 2.70. The number of aromatic hydroxyl groups is 1. The average molecular weight is 363 g/mol. The van der Waals surface area contributed by atoms with E-state index in [1.54, 1.807) is 30.7 Å². The minimum Gasteiger partial charge on any atom is -0.508 e. The van der Waals surface area contributed by atoms with Crippen molar-refractivity contribution in [2.24, 2.45) is 0 Å². The third-order valence-electron chi connectivity index (χ3n) is 4.02. The van der Waals surface area contributed by atoms with Gasteiger partial charge in [0.2, 0.25) is 0 Å². The third-order valence-corrected chi connectivity index (χ3v) is 4.02. The van der Waals surface area contributed by atoms with Gasteiger partial charge in [-0.15, -0.1) is 0 Å². The molecule has 1 N–H and O–H groups in total. The second-order valence-electron chi connectivity index (χ2n) is 5.82. The van der Waals surface area contributed by atoms with Gasteiger partial charge in [0.1, 0.15) is 5.75 Å². The van der Waals surface area contributed by atoms with Crippen molar-refractivity contribution < 1.29 is 18.7 Å². The number of phenolic OH excluding ortho intramolecular Hbond substituents is 1. The molecule has 132 valence electrons. The second-order valence-corrected chi connectivity index (χ2v) is 5.82. The quantitative estimate of drug-likeness (QED) is 0.559. The highest BCUT2D eigenvalue weighted by atomic mass is 19.2. The van der Waals surface area contributed by atoms with Crippen LogP contribution in [0.1, 0.15) is 15.9 Å². The Morgan fingerprint density at radius 3 is 2.63 bits per heavy atom. The van der Waals surface area contributed by atoms with Gasteiger partial charge in [0, 0.05) is 29.6 Å². The predicted molar refractivity (Wildman–Crippen MR) is 94.2 cm³/mol. The van der Waals surface area contributed by atoms with E-state index in [0.29, 0.717) is 22.8 Å². The number of hydrogen-bond donors (Lipinski definition) is 1. The number of ketones is 1. The zero-order valence-corrected chi connectivity index (χ0v) is 13.7. The number of rotatable bonds is 3. The van der Waals surface area contributed by atoms with E-state index in [1.807, 2.05) is 6.07 Å². The second kappa shape index (κ2) is 6.53. The number of hydrogen-bond acceptors (Lipinski definition) is 5. The molecule has 0 aliphatic heterocycles. The van der Waals surface area contributed by atoms with E-state index in [9.17, 15) is 18.7 Å². The first-order valence-electron chi connectivity index (χ1n) is 7.93. The molecule has 4 rings (SSSR count). The molecular weight excluding hydrogens is 352 g/mol. The number of phenols is 1. The highest BCUT2D eigenvalue weighted by molar-refractivity contribution is 6.10. The number of carbonyl (C=O) groups excluding carboxylic acids is 1. The summed E-state index contributed by atoms with van der Waals surface area (Å²) in [4.78, 5) is 25.4. The summed E-state index contributed by atoms with van der Waals surface area (Å²) in [6, 6.07) is 9.56. The molecule has 0 amide bonds. The molecule has 2 aromatic heterocycles. The summed E-state index contributed by atoms with van der Waals surface area (Å²) in [5, 5.41) is 9.46. The third kappa shape index (κ3) is 3.10. The molecule has 0 fully saturated rings. The van der Waals surface area contributed by atoms with Gasteiger partial charge in [-0.1, -0.05) is 0 Å². The summed E-state index contributed by atoms with van der Waals surface area (Å²) in [7, 11) is 0. The summed E-state index contributed by atoms with van der Waals surface area (Å²) < 4.78 is 27.5. The van der Waals surface area contributed by atoms with Crippen molar-refractivity contribution >= 4 is 16.8 Å². The monoisotopic (exact) mass is 363 g/mol. The molecule has 0 aliphatic rings. The summed E-state index contributed by atoms with van der Waals surface area (Å²) in [6.45, 7) is 0. The molecule has 0 aliphatic carbocycles. The van der Waals surface area contributed by atoms with E-state index in [2.05, 4.69) is 15.0 Å². The van der Waals surface area contributed by atoms with Crippen LogP contribution in [0, 0.1) is 11.6 Å². The molecule has 0 saturated carbocycles.